The number of nitrogens with two attached hydrogens (primary N) is 1. The molecule has 0 aliphatic rings. The van der Waals surface area contributed by atoms with E-state index in [9.17, 15) is 10.1 Å². The predicted molar refractivity (Wildman–Crippen MR) is 85.2 cm³/mol. The van der Waals surface area contributed by atoms with Gasteiger partial charge in [-0.25, -0.2) is 0 Å². The van der Waals surface area contributed by atoms with Gasteiger partial charge in [0.2, 0.25) is 0 Å². The third-order valence-corrected chi connectivity index (χ3v) is 3.21. The molecule has 7 nitrogen and oxygen atoms in total. The van der Waals surface area contributed by atoms with E-state index >= 15 is 0 Å². The second-order valence-electron chi connectivity index (χ2n) is 3.63. The summed E-state index contributed by atoms with van der Waals surface area (Å²) in [7, 11) is 1.63. The second-order valence-corrected chi connectivity index (χ2v) is 4.73. The van der Waals surface area contributed by atoms with Crippen molar-refractivity contribution in [2.45, 2.75) is 12.3 Å². The van der Waals surface area contributed by atoms with Gasteiger partial charge in [-0.05, 0) is 12.1 Å². The van der Waals surface area contributed by atoms with Crippen LogP contribution >= 0.6 is 28.7 Å². The molecule has 0 saturated carbocycles. The zero-order valence-corrected chi connectivity index (χ0v) is 13.7. The molecule has 0 spiro atoms. The molecule has 0 fully saturated rings. The van der Waals surface area contributed by atoms with Crippen LogP contribution in [0.4, 0.5) is 0 Å². The van der Waals surface area contributed by atoms with E-state index in [-0.39, 0.29) is 17.0 Å². The van der Waals surface area contributed by atoms with E-state index in [1.165, 1.54) is 0 Å². The Morgan fingerprint density at radius 3 is 2.80 bits per heavy atom. The van der Waals surface area contributed by atoms with Gasteiger partial charge in [0.05, 0.1) is 17.2 Å². The van der Waals surface area contributed by atoms with Gasteiger partial charge < -0.3 is 20.8 Å². The molecule has 0 aliphatic carbocycles. The van der Waals surface area contributed by atoms with E-state index in [1.54, 1.807) is 18.8 Å². The molecule has 1 aromatic heterocycles. The number of furan rings is 1. The lowest BCUT2D eigenvalue weighted by Gasteiger charge is -2.07. The maximum Gasteiger partial charge on any atom is 0.274 e. The molecular weight excluding hydrogens is 348 g/mol. The first kappa shape index (κ1) is 18.8. The standard InChI is InChI=1S/C11H18N4O3S.BrH/c1-13-11(7-15(16)17)14-4-5-19-8-10-3-2-9(6-12)18-10;/h2-3,7,13-14H,4-6,8,12H2,1H3;1H. The van der Waals surface area contributed by atoms with Gasteiger partial charge in [-0.1, -0.05) is 0 Å². The fraction of sp³-hybridized carbons (Fsp3) is 0.455. The third-order valence-electron chi connectivity index (χ3n) is 2.23. The molecule has 1 aromatic rings. The number of nitrogens with zero attached hydrogens (tertiary/aromatic N) is 1. The van der Waals surface area contributed by atoms with Crippen LogP contribution in [0.3, 0.4) is 0 Å². The molecule has 0 aliphatic heterocycles. The van der Waals surface area contributed by atoms with E-state index in [2.05, 4.69) is 10.6 Å². The molecule has 4 N–H and O–H groups in total. The molecule has 9 heteroatoms. The largest absolute Gasteiger partial charge is 0.464 e. The van der Waals surface area contributed by atoms with Gasteiger partial charge in [-0.3, -0.25) is 10.1 Å². The lowest BCUT2D eigenvalue weighted by atomic mass is 10.4. The average molecular weight is 367 g/mol. The highest BCUT2D eigenvalue weighted by molar-refractivity contribution is 8.93. The molecule has 1 heterocycles. The maximum absolute atomic E-state index is 10.3. The topological polar surface area (TPSA) is 106 Å². The summed E-state index contributed by atoms with van der Waals surface area (Å²) < 4.78 is 5.45. The first-order valence-corrected chi connectivity index (χ1v) is 6.93. The summed E-state index contributed by atoms with van der Waals surface area (Å²) in [5, 5.41) is 16.0. The van der Waals surface area contributed by atoms with E-state index in [0.717, 1.165) is 29.2 Å². The maximum atomic E-state index is 10.3. The van der Waals surface area contributed by atoms with Gasteiger partial charge in [0.15, 0.2) is 5.82 Å². The molecule has 20 heavy (non-hydrogen) atoms. The van der Waals surface area contributed by atoms with Crippen molar-refractivity contribution in [2.24, 2.45) is 5.73 Å². The van der Waals surface area contributed by atoms with Crippen molar-refractivity contribution in [1.82, 2.24) is 10.6 Å². The summed E-state index contributed by atoms with van der Waals surface area (Å²) in [4.78, 5) is 9.80. The van der Waals surface area contributed by atoms with Crippen molar-refractivity contribution in [1.29, 1.82) is 0 Å². The SMILES string of the molecule is Br.CNC(=C[N+](=O)[O-])NCCSCc1ccc(CN)o1. The Balaban J connectivity index is 0.00000361. The molecule has 0 unspecified atom stereocenters. The van der Waals surface area contributed by atoms with Crippen LogP contribution in [0.15, 0.2) is 28.6 Å². The van der Waals surface area contributed by atoms with Crippen LogP contribution in [0, 0.1) is 10.1 Å². The average Bonchev–Trinajstić information content (AvgIpc) is 2.84. The molecule has 0 radical (unpaired) electrons. The van der Waals surface area contributed by atoms with E-state index < -0.39 is 4.92 Å². The lowest BCUT2D eigenvalue weighted by molar-refractivity contribution is -0.404. The first-order chi connectivity index (χ1) is 9.15. The Hall–Kier alpha value is -1.19. The Morgan fingerprint density at radius 2 is 2.25 bits per heavy atom. The van der Waals surface area contributed by atoms with Crippen LogP contribution in [0.5, 0.6) is 0 Å². The van der Waals surface area contributed by atoms with Gasteiger partial charge in [0, 0.05) is 19.3 Å². The van der Waals surface area contributed by atoms with Crippen LogP contribution in [0.25, 0.3) is 0 Å². The van der Waals surface area contributed by atoms with Crippen molar-refractivity contribution < 1.29 is 9.34 Å². The van der Waals surface area contributed by atoms with Gasteiger partial charge in [0.25, 0.3) is 6.20 Å². The normalized spacial score (nSPS) is 10.8. The fourth-order valence-electron chi connectivity index (χ4n) is 1.34. The Morgan fingerprint density at radius 1 is 1.55 bits per heavy atom. The van der Waals surface area contributed by atoms with Crippen molar-refractivity contribution in [3.05, 3.63) is 45.8 Å². The van der Waals surface area contributed by atoms with Gasteiger partial charge in [-0.2, -0.15) is 11.8 Å². The van der Waals surface area contributed by atoms with Crippen molar-refractivity contribution in [3.8, 4) is 0 Å². The Labute approximate surface area is 132 Å². The third kappa shape index (κ3) is 7.41. The number of halogens is 1. The zero-order chi connectivity index (χ0) is 14.1. The summed E-state index contributed by atoms with van der Waals surface area (Å²) in [5.41, 5.74) is 5.45. The number of hydrogen-bond donors (Lipinski definition) is 3. The fourth-order valence-corrected chi connectivity index (χ4v) is 2.09. The molecule has 0 saturated heterocycles. The first-order valence-electron chi connectivity index (χ1n) is 5.78. The van der Waals surface area contributed by atoms with Gasteiger partial charge in [0.1, 0.15) is 11.5 Å². The summed E-state index contributed by atoms with van der Waals surface area (Å²) in [6.45, 7) is 1.04. The number of thioether (sulfide) groups is 1. The molecular formula is C11H19BrN4O3S. The molecule has 0 atom stereocenters. The van der Waals surface area contributed by atoms with Crippen LogP contribution in [-0.4, -0.2) is 24.3 Å². The smallest absolute Gasteiger partial charge is 0.274 e. The number of nitrogens with one attached hydrogen (secondary N) is 2. The van der Waals surface area contributed by atoms with Gasteiger partial charge in [-0.15, -0.1) is 17.0 Å². The highest BCUT2D eigenvalue weighted by atomic mass is 79.9. The number of rotatable bonds is 9. The summed E-state index contributed by atoms with van der Waals surface area (Å²) in [6, 6.07) is 3.78. The Bertz CT molecular complexity index is 439. The van der Waals surface area contributed by atoms with Crippen LogP contribution < -0.4 is 16.4 Å². The second kappa shape index (κ2) is 10.6. The predicted octanol–water partition coefficient (Wildman–Crippen LogP) is 1.43. The van der Waals surface area contributed by atoms with Crippen molar-refractivity contribution in [2.75, 3.05) is 19.3 Å². The summed E-state index contributed by atoms with van der Waals surface area (Å²) >= 11 is 1.68. The zero-order valence-electron chi connectivity index (χ0n) is 11.1. The van der Waals surface area contributed by atoms with E-state index in [0.29, 0.717) is 18.9 Å². The van der Waals surface area contributed by atoms with Crippen LogP contribution in [-0.2, 0) is 12.3 Å². The molecule has 114 valence electrons. The molecule has 0 aromatic carbocycles. The number of hydrogen-bond acceptors (Lipinski definition) is 7. The highest BCUT2D eigenvalue weighted by Crippen LogP contribution is 2.14. The molecule has 0 amide bonds. The Kier molecular flexibility index (Phi) is 9.95. The van der Waals surface area contributed by atoms with Crippen LogP contribution in [0.2, 0.25) is 0 Å². The number of nitro groups is 1. The summed E-state index contributed by atoms with van der Waals surface area (Å²) in [5.74, 6) is 3.64. The minimum Gasteiger partial charge on any atom is -0.464 e. The van der Waals surface area contributed by atoms with E-state index in [1.807, 2.05) is 12.1 Å². The highest BCUT2D eigenvalue weighted by Gasteiger charge is 2.02. The van der Waals surface area contributed by atoms with Crippen molar-refractivity contribution >= 4 is 28.7 Å². The quantitative estimate of drug-likeness (QED) is 0.344. The van der Waals surface area contributed by atoms with Crippen molar-refractivity contribution in [3.63, 3.8) is 0 Å². The van der Waals surface area contributed by atoms with Gasteiger partial charge >= 0.3 is 0 Å². The lowest BCUT2D eigenvalue weighted by Crippen LogP contribution is -2.26. The molecule has 1 rings (SSSR count). The van der Waals surface area contributed by atoms with E-state index in [4.69, 9.17) is 10.2 Å². The van der Waals surface area contributed by atoms with Crippen LogP contribution in [0.1, 0.15) is 11.5 Å². The summed E-state index contributed by atoms with van der Waals surface area (Å²) in [6.07, 6.45) is 0.907. The monoisotopic (exact) mass is 366 g/mol. The minimum atomic E-state index is -0.497. The minimum absolute atomic E-state index is 0. The molecule has 0 bridgehead atoms.